The van der Waals surface area contributed by atoms with Gasteiger partial charge in [0.2, 0.25) is 0 Å². The highest BCUT2D eigenvalue weighted by molar-refractivity contribution is 6.38. The van der Waals surface area contributed by atoms with Crippen LogP contribution in [0.1, 0.15) is 22.3 Å². The van der Waals surface area contributed by atoms with Crippen molar-refractivity contribution >= 4 is 17.5 Å². The Bertz CT molecular complexity index is 1180. The third-order valence-corrected chi connectivity index (χ3v) is 4.39. The van der Waals surface area contributed by atoms with Gasteiger partial charge in [-0.25, -0.2) is 9.18 Å². The quantitative estimate of drug-likeness (QED) is 0.356. The first-order chi connectivity index (χ1) is 14.3. The van der Waals surface area contributed by atoms with Crippen LogP contribution in [0.4, 0.5) is 4.39 Å². The van der Waals surface area contributed by atoms with Gasteiger partial charge in [-0.05, 0) is 41.3 Å². The summed E-state index contributed by atoms with van der Waals surface area (Å²) in [6.07, 6.45) is 2.52. The molecular weight excluding hydrogens is 389 g/mol. The van der Waals surface area contributed by atoms with E-state index in [0.717, 1.165) is 5.56 Å². The van der Waals surface area contributed by atoms with Crippen molar-refractivity contribution in [1.82, 2.24) is 4.57 Å². The van der Waals surface area contributed by atoms with Gasteiger partial charge in [0.05, 0.1) is 12.1 Å². The summed E-state index contributed by atoms with van der Waals surface area (Å²) >= 11 is 0. The summed E-state index contributed by atoms with van der Waals surface area (Å²) in [5.74, 6) is -4.29. The van der Waals surface area contributed by atoms with Gasteiger partial charge < -0.3 is 14.8 Å². The molecule has 2 N–H and O–H groups in total. The number of aliphatic carboxylic acids is 1. The van der Waals surface area contributed by atoms with Crippen LogP contribution < -0.4 is 5.56 Å². The van der Waals surface area contributed by atoms with Crippen molar-refractivity contribution in [1.29, 1.82) is 0 Å². The first kappa shape index (κ1) is 20.7. The molecule has 0 saturated carbocycles. The molecule has 30 heavy (non-hydrogen) atoms. The number of ketones is 1. The summed E-state index contributed by atoms with van der Waals surface area (Å²) < 4.78 is 14.8. The second kappa shape index (κ2) is 9.00. The van der Waals surface area contributed by atoms with Gasteiger partial charge >= 0.3 is 5.97 Å². The Labute approximate surface area is 171 Å². The Hall–Kier alpha value is -4.00. The molecule has 0 aliphatic heterocycles. The van der Waals surface area contributed by atoms with Crippen LogP contribution in [0.3, 0.4) is 0 Å². The fraction of sp³-hybridized carbons (Fsp3) is 0.0870. The monoisotopic (exact) mass is 407 g/mol. The van der Waals surface area contributed by atoms with E-state index in [1.165, 1.54) is 28.8 Å². The normalized spacial score (nSPS) is 11.3. The fourth-order valence-corrected chi connectivity index (χ4v) is 3.02. The molecule has 0 saturated heterocycles. The van der Waals surface area contributed by atoms with Crippen molar-refractivity contribution in [3.8, 4) is 0 Å². The number of carbonyl (C=O) groups is 2. The third-order valence-electron chi connectivity index (χ3n) is 4.39. The number of benzene rings is 2. The second-order valence-electron chi connectivity index (χ2n) is 6.69. The lowest BCUT2D eigenvalue weighted by molar-refractivity contribution is -0.146. The maximum atomic E-state index is 13.5. The van der Waals surface area contributed by atoms with Crippen molar-refractivity contribution < 1.29 is 24.2 Å². The van der Waals surface area contributed by atoms with Crippen LogP contribution in [0.25, 0.3) is 5.76 Å². The van der Waals surface area contributed by atoms with Crippen LogP contribution in [0.15, 0.2) is 77.7 Å². The molecule has 0 bridgehead atoms. The number of aliphatic hydroxyl groups is 1. The molecule has 0 radical (unpaired) electrons. The Kier molecular flexibility index (Phi) is 6.22. The van der Waals surface area contributed by atoms with Crippen molar-refractivity contribution in [3.63, 3.8) is 0 Å². The molecule has 0 fully saturated rings. The van der Waals surface area contributed by atoms with Crippen molar-refractivity contribution in [2.45, 2.75) is 13.0 Å². The Morgan fingerprint density at radius 2 is 1.63 bits per heavy atom. The first-order valence-corrected chi connectivity index (χ1v) is 9.03. The van der Waals surface area contributed by atoms with E-state index in [1.807, 2.05) is 30.3 Å². The fourth-order valence-electron chi connectivity index (χ4n) is 3.02. The van der Waals surface area contributed by atoms with E-state index in [4.69, 9.17) is 5.11 Å². The van der Waals surface area contributed by atoms with E-state index >= 15 is 0 Å². The van der Waals surface area contributed by atoms with Gasteiger partial charge in [0.25, 0.3) is 11.3 Å². The van der Waals surface area contributed by atoms with Crippen molar-refractivity contribution in [2.75, 3.05) is 0 Å². The predicted molar refractivity (Wildman–Crippen MR) is 109 cm³/mol. The highest BCUT2D eigenvalue weighted by atomic mass is 19.1. The molecule has 3 rings (SSSR count). The summed E-state index contributed by atoms with van der Waals surface area (Å²) in [7, 11) is 0. The smallest absolute Gasteiger partial charge is 0.376 e. The predicted octanol–water partition coefficient (Wildman–Crippen LogP) is 3.18. The largest absolute Gasteiger partial charge is 0.507 e. The van der Waals surface area contributed by atoms with E-state index in [1.54, 1.807) is 12.3 Å². The highest BCUT2D eigenvalue weighted by Gasteiger charge is 2.16. The van der Waals surface area contributed by atoms with E-state index in [9.17, 15) is 23.9 Å². The number of pyridine rings is 1. The number of carbonyl (C=O) groups excluding carboxylic acids is 1. The number of halogens is 1. The van der Waals surface area contributed by atoms with Crippen molar-refractivity contribution in [2.24, 2.45) is 0 Å². The summed E-state index contributed by atoms with van der Waals surface area (Å²) in [6, 6.07) is 16.6. The Balaban J connectivity index is 2.08. The first-order valence-electron chi connectivity index (χ1n) is 9.03. The highest BCUT2D eigenvalue weighted by Crippen LogP contribution is 2.15. The number of aliphatic hydroxyl groups excluding tert-OH is 1. The van der Waals surface area contributed by atoms with Gasteiger partial charge in [-0.15, -0.1) is 0 Å². The summed E-state index contributed by atoms with van der Waals surface area (Å²) in [4.78, 5) is 35.1. The zero-order valence-corrected chi connectivity index (χ0v) is 15.8. The molecule has 1 aromatic heterocycles. The Morgan fingerprint density at radius 1 is 0.933 bits per heavy atom. The third kappa shape index (κ3) is 5.08. The minimum Gasteiger partial charge on any atom is -0.507 e. The van der Waals surface area contributed by atoms with E-state index < -0.39 is 28.9 Å². The number of carboxylic acids is 1. The maximum Gasteiger partial charge on any atom is 0.376 e. The van der Waals surface area contributed by atoms with Gasteiger partial charge in [-0.3, -0.25) is 9.59 Å². The number of rotatable bonds is 7. The molecule has 6 nitrogen and oxygen atoms in total. The number of nitrogens with zero attached hydrogens (tertiary/aromatic N) is 1. The van der Waals surface area contributed by atoms with Crippen LogP contribution in [0, 0.1) is 5.82 Å². The zero-order chi connectivity index (χ0) is 21.7. The molecule has 0 aliphatic carbocycles. The minimum absolute atomic E-state index is 0.0341. The molecule has 0 atom stereocenters. The molecule has 152 valence electrons. The van der Waals surface area contributed by atoms with Gasteiger partial charge in [0, 0.05) is 12.3 Å². The summed E-state index contributed by atoms with van der Waals surface area (Å²) in [5, 5.41) is 19.0. The van der Waals surface area contributed by atoms with Crippen LogP contribution in [0.5, 0.6) is 0 Å². The van der Waals surface area contributed by atoms with Gasteiger partial charge in [-0.2, -0.15) is 0 Å². The number of hydrogen-bond acceptors (Lipinski definition) is 4. The van der Waals surface area contributed by atoms with E-state index in [0.29, 0.717) is 23.6 Å². The molecule has 7 heteroatoms. The molecule has 3 aromatic rings. The average Bonchev–Trinajstić information content (AvgIpc) is 2.71. The number of aromatic nitrogens is 1. The van der Waals surface area contributed by atoms with Gasteiger partial charge in [-0.1, -0.05) is 42.5 Å². The molecule has 0 aliphatic rings. The molecule has 2 aromatic carbocycles. The van der Waals surface area contributed by atoms with Crippen LogP contribution in [0.2, 0.25) is 0 Å². The molecule has 0 spiro atoms. The maximum absolute atomic E-state index is 13.5. The zero-order valence-electron chi connectivity index (χ0n) is 15.8. The lowest BCUT2D eigenvalue weighted by Crippen LogP contribution is -2.25. The summed E-state index contributed by atoms with van der Waals surface area (Å²) in [6.45, 7) is 0.0341. The number of hydrogen-bond donors (Lipinski definition) is 2. The second-order valence-corrected chi connectivity index (χ2v) is 6.69. The average molecular weight is 407 g/mol. The standard InChI is InChI=1S/C23H18FNO5/c24-18-8-4-7-16(10-18)13-25-14-17(9-15-5-2-1-3-6-15)11-19(22(25)28)20(26)12-21(27)23(29)30/h1-8,10-12,14,26H,9,13H2,(H,29,30)/b20-12-. The minimum atomic E-state index is -1.75. The SMILES string of the molecule is O=C(O)C(=O)/C=C(\O)c1cc(Cc2ccccc2)cn(Cc2cccc(F)c2)c1=O. The molecule has 0 unspecified atom stereocenters. The van der Waals surface area contributed by atoms with Crippen LogP contribution in [-0.2, 0) is 22.6 Å². The molecular formula is C23H18FNO5. The van der Waals surface area contributed by atoms with Crippen molar-refractivity contribution in [3.05, 3.63) is 111 Å². The summed E-state index contributed by atoms with van der Waals surface area (Å²) in [5.41, 5.74) is 1.28. The van der Waals surface area contributed by atoms with E-state index in [-0.39, 0.29) is 12.1 Å². The molecule has 0 amide bonds. The lowest BCUT2D eigenvalue weighted by atomic mass is 10.0. The van der Waals surface area contributed by atoms with Crippen LogP contribution in [-0.4, -0.2) is 26.5 Å². The topological polar surface area (TPSA) is 96.6 Å². The van der Waals surface area contributed by atoms with Crippen LogP contribution >= 0.6 is 0 Å². The molecule has 1 heterocycles. The van der Waals surface area contributed by atoms with Gasteiger partial charge in [0.1, 0.15) is 11.6 Å². The Morgan fingerprint density at radius 3 is 2.30 bits per heavy atom. The van der Waals surface area contributed by atoms with Gasteiger partial charge in [0.15, 0.2) is 0 Å². The lowest BCUT2D eigenvalue weighted by Gasteiger charge is -2.12. The number of carboxylic acid groups (broad SMARTS) is 1. The van der Waals surface area contributed by atoms with E-state index in [2.05, 4.69) is 0 Å².